The molecule has 3 atom stereocenters. The molecule has 0 aliphatic carbocycles. The van der Waals surface area contributed by atoms with Crippen LogP contribution in [0.25, 0.3) is 22.6 Å². The molecular formula is C24H29N7O2. The van der Waals surface area contributed by atoms with Crippen LogP contribution in [0.2, 0.25) is 0 Å². The molecule has 4 heterocycles. The van der Waals surface area contributed by atoms with Crippen molar-refractivity contribution in [1.29, 1.82) is 0 Å². The molecule has 0 saturated carbocycles. The Labute approximate surface area is 192 Å². The number of aromatic nitrogens is 5. The second-order valence-electron chi connectivity index (χ2n) is 10.0. The van der Waals surface area contributed by atoms with Crippen LogP contribution in [0, 0.1) is 0 Å². The average molecular weight is 448 g/mol. The SMILES string of the molecule is CN(c1ccc(-c2ccc(-c3ncn(C)c(=O)n3)cc2O)nn1)C1CC2(C)CC[C@](C)(C1)N2. The van der Waals surface area contributed by atoms with E-state index in [9.17, 15) is 9.90 Å². The molecular weight excluding hydrogens is 418 g/mol. The monoisotopic (exact) mass is 447 g/mol. The normalized spacial score (nSPS) is 26.4. The average Bonchev–Trinajstić information content (AvgIpc) is 3.01. The van der Waals surface area contributed by atoms with Crippen LogP contribution in [0.5, 0.6) is 5.75 Å². The number of fused-ring (bicyclic) bond motifs is 2. The van der Waals surface area contributed by atoms with Crippen LogP contribution >= 0.6 is 0 Å². The fraction of sp³-hybridized carbons (Fsp3) is 0.458. The number of phenols is 1. The Morgan fingerprint density at radius 2 is 1.85 bits per heavy atom. The number of nitrogens with zero attached hydrogens (tertiary/aromatic N) is 6. The van der Waals surface area contributed by atoms with Gasteiger partial charge < -0.3 is 15.3 Å². The van der Waals surface area contributed by atoms with Crippen LogP contribution < -0.4 is 15.9 Å². The van der Waals surface area contributed by atoms with Gasteiger partial charge in [-0.3, -0.25) is 4.57 Å². The largest absolute Gasteiger partial charge is 0.507 e. The molecule has 0 amide bonds. The Morgan fingerprint density at radius 3 is 2.45 bits per heavy atom. The summed E-state index contributed by atoms with van der Waals surface area (Å²) in [6.07, 6.45) is 5.97. The van der Waals surface area contributed by atoms with Gasteiger partial charge in [-0.05, 0) is 63.8 Å². The molecule has 2 aliphatic rings. The van der Waals surface area contributed by atoms with Crippen LogP contribution in [-0.4, -0.2) is 54.0 Å². The molecule has 2 aromatic heterocycles. The van der Waals surface area contributed by atoms with Gasteiger partial charge in [0.2, 0.25) is 0 Å². The molecule has 2 unspecified atom stereocenters. The summed E-state index contributed by atoms with van der Waals surface area (Å²) < 4.78 is 1.29. The van der Waals surface area contributed by atoms with Crippen molar-refractivity contribution in [3.05, 3.63) is 47.1 Å². The molecule has 0 radical (unpaired) electrons. The molecule has 2 saturated heterocycles. The number of nitrogens with one attached hydrogen (secondary N) is 1. The number of anilines is 1. The van der Waals surface area contributed by atoms with Gasteiger partial charge in [0.15, 0.2) is 11.6 Å². The zero-order chi connectivity index (χ0) is 23.4. The third-order valence-corrected chi connectivity index (χ3v) is 7.15. The lowest BCUT2D eigenvalue weighted by molar-refractivity contribution is 0.207. The molecule has 2 fully saturated rings. The number of hydrogen-bond acceptors (Lipinski definition) is 8. The summed E-state index contributed by atoms with van der Waals surface area (Å²) in [5, 5.41) is 23.3. The van der Waals surface area contributed by atoms with E-state index in [1.54, 1.807) is 19.2 Å². The van der Waals surface area contributed by atoms with Gasteiger partial charge in [0.25, 0.3) is 0 Å². The van der Waals surface area contributed by atoms with Gasteiger partial charge in [0.1, 0.15) is 12.1 Å². The van der Waals surface area contributed by atoms with Gasteiger partial charge in [-0.15, -0.1) is 10.2 Å². The second-order valence-corrected chi connectivity index (χ2v) is 10.0. The molecule has 9 heteroatoms. The minimum absolute atomic E-state index is 0.0305. The van der Waals surface area contributed by atoms with E-state index in [2.05, 4.69) is 51.3 Å². The Balaban J connectivity index is 1.36. The highest BCUT2D eigenvalue weighted by molar-refractivity contribution is 5.72. The maximum absolute atomic E-state index is 11.8. The van der Waals surface area contributed by atoms with Crippen molar-refractivity contribution in [2.75, 3.05) is 11.9 Å². The van der Waals surface area contributed by atoms with Gasteiger partial charge in [-0.1, -0.05) is 6.07 Å². The zero-order valence-corrected chi connectivity index (χ0v) is 19.4. The van der Waals surface area contributed by atoms with Gasteiger partial charge >= 0.3 is 5.69 Å². The fourth-order valence-corrected chi connectivity index (χ4v) is 5.36. The zero-order valence-electron chi connectivity index (χ0n) is 19.4. The molecule has 0 spiro atoms. The maximum atomic E-state index is 11.8. The minimum Gasteiger partial charge on any atom is -0.507 e. The number of aryl methyl sites for hydroxylation is 1. The van der Waals surface area contributed by atoms with Crippen molar-refractivity contribution in [2.45, 2.75) is 56.7 Å². The first-order valence-electron chi connectivity index (χ1n) is 11.2. The number of phenolic OH excluding ortho intramolecular Hbond substituents is 1. The Kier molecular flexibility index (Phi) is 4.97. The first-order chi connectivity index (χ1) is 15.6. The van der Waals surface area contributed by atoms with E-state index in [4.69, 9.17) is 0 Å². The van der Waals surface area contributed by atoms with Crippen molar-refractivity contribution < 1.29 is 5.11 Å². The molecule has 1 aromatic carbocycles. The summed E-state index contributed by atoms with van der Waals surface area (Å²) in [6.45, 7) is 4.63. The predicted octanol–water partition coefficient (Wildman–Crippen LogP) is 2.50. The van der Waals surface area contributed by atoms with Crippen LogP contribution in [0.15, 0.2) is 41.5 Å². The highest BCUT2D eigenvalue weighted by Gasteiger charge is 2.49. The molecule has 2 bridgehead atoms. The van der Waals surface area contributed by atoms with E-state index in [1.165, 1.54) is 29.8 Å². The number of hydrogen-bond donors (Lipinski definition) is 2. The predicted molar refractivity (Wildman–Crippen MR) is 126 cm³/mol. The third kappa shape index (κ3) is 3.97. The summed E-state index contributed by atoms with van der Waals surface area (Å²) in [6, 6.07) is 9.27. The van der Waals surface area contributed by atoms with Crippen molar-refractivity contribution in [3.8, 4) is 28.4 Å². The number of aromatic hydroxyl groups is 1. The molecule has 2 N–H and O–H groups in total. The number of rotatable bonds is 4. The topological polar surface area (TPSA) is 109 Å². The molecule has 2 aliphatic heterocycles. The maximum Gasteiger partial charge on any atom is 0.350 e. The van der Waals surface area contributed by atoms with E-state index in [0.717, 1.165) is 18.7 Å². The lowest BCUT2D eigenvalue weighted by atomic mass is 9.84. The molecule has 172 valence electrons. The van der Waals surface area contributed by atoms with Crippen LogP contribution in [0.3, 0.4) is 0 Å². The summed E-state index contributed by atoms with van der Waals surface area (Å²) in [5.41, 5.74) is 1.65. The molecule has 5 rings (SSSR count). The Bertz CT molecular complexity index is 1240. The molecule has 9 nitrogen and oxygen atoms in total. The van der Waals surface area contributed by atoms with E-state index in [0.29, 0.717) is 22.9 Å². The minimum atomic E-state index is -0.404. The number of piperidine rings is 1. The standard InChI is InChI=1S/C24H29N7O2/c1-23-9-10-24(2,29-23)13-16(12-23)31(4)20-8-7-18(27-28-20)17-6-5-15(11-19(17)32)21-25-14-30(3)22(33)26-21/h5-8,11,14,16,29,32H,9-10,12-13H2,1-4H3/t16?,23-,24?/m1/s1. The first-order valence-corrected chi connectivity index (χ1v) is 11.2. The van der Waals surface area contributed by atoms with E-state index in [-0.39, 0.29) is 22.7 Å². The highest BCUT2D eigenvalue weighted by atomic mass is 16.3. The quantitative estimate of drug-likeness (QED) is 0.628. The van der Waals surface area contributed by atoms with Gasteiger partial charge in [0.05, 0.1) is 5.69 Å². The molecule has 3 aromatic rings. The van der Waals surface area contributed by atoms with Gasteiger partial charge in [0, 0.05) is 42.3 Å². The Hall–Kier alpha value is -3.33. The smallest absolute Gasteiger partial charge is 0.350 e. The number of benzene rings is 1. The first kappa shape index (κ1) is 21.5. The molecule has 33 heavy (non-hydrogen) atoms. The highest BCUT2D eigenvalue weighted by Crippen LogP contribution is 2.43. The summed E-state index contributed by atoms with van der Waals surface area (Å²) >= 11 is 0. The fourth-order valence-electron chi connectivity index (χ4n) is 5.36. The summed E-state index contributed by atoms with van der Waals surface area (Å²) in [5.74, 6) is 1.12. The van der Waals surface area contributed by atoms with Crippen molar-refractivity contribution >= 4 is 5.82 Å². The van der Waals surface area contributed by atoms with Crippen molar-refractivity contribution in [1.82, 2.24) is 30.0 Å². The van der Waals surface area contributed by atoms with Crippen LogP contribution in [0.1, 0.15) is 39.5 Å². The van der Waals surface area contributed by atoms with Crippen molar-refractivity contribution in [3.63, 3.8) is 0 Å². The van der Waals surface area contributed by atoms with E-state index >= 15 is 0 Å². The third-order valence-electron chi connectivity index (χ3n) is 7.15. The lowest BCUT2D eigenvalue weighted by Crippen LogP contribution is -2.58. The van der Waals surface area contributed by atoms with Crippen LogP contribution in [0.4, 0.5) is 5.82 Å². The van der Waals surface area contributed by atoms with Gasteiger partial charge in [-0.25, -0.2) is 9.78 Å². The second kappa shape index (κ2) is 7.62. The van der Waals surface area contributed by atoms with E-state index < -0.39 is 5.69 Å². The Morgan fingerprint density at radius 1 is 1.12 bits per heavy atom. The van der Waals surface area contributed by atoms with E-state index in [1.807, 2.05) is 12.1 Å². The summed E-state index contributed by atoms with van der Waals surface area (Å²) in [7, 11) is 3.67. The van der Waals surface area contributed by atoms with Gasteiger partial charge in [-0.2, -0.15) is 4.98 Å². The van der Waals surface area contributed by atoms with Crippen molar-refractivity contribution in [2.24, 2.45) is 7.05 Å². The summed E-state index contributed by atoms with van der Waals surface area (Å²) in [4.78, 5) is 22.1. The lowest BCUT2D eigenvalue weighted by Gasteiger charge is -2.45. The van der Waals surface area contributed by atoms with Crippen LogP contribution in [-0.2, 0) is 7.05 Å².